The summed E-state index contributed by atoms with van der Waals surface area (Å²) in [6.45, 7) is 3.13. The number of carbonyl (C=O) groups excluding carboxylic acids is 2. The van der Waals surface area contributed by atoms with Gasteiger partial charge in [-0.3, -0.25) is 9.59 Å². The summed E-state index contributed by atoms with van der Waals surface area (Å²) in [5.41, 5.74) is 1.34. The van der Waals surface area contributed by atoms with Gasteiger partial charge in [-0.2, -0.15) is 0 Å². The Hall–Kier alpha value is -1.95. The summed E-state index contributed by atoms with van der Waals surface area (Å²) >= 11 is 17.9. The topological polar surface area (TPSA) is 67.4 Å². The van der Waals surface area contributed by atoms with Crippen LogP contribution in [0.1, 0.15) is 12.5 Å². The lowest BCUT2D eigenvalue weighted by atomic mass is 10.2. The van der Waals surface area contributed by atoms with E-state index in [1.807, 2.05) is 0 Å². The molecule has 2 N–H and O–H groups in total. The van der Waals surface area contributed by atoms with Crippen molar-refractivity contribution >= 4 is 52.3 Å². The van der Waals surface area contributed by atoms with Gasteiger partial charge in [-0.05, 0) is 43.7 Å². The van der Waals surface area contributed by atoms with E-state index < -0.39 is 12.0 Å². The molecular weight excluding hydrogens is 399 g/mol. The molecule has 0 aliphatic carbocycles. The van der Waals surface area contributed by atoms with Gasteiger partial charge < -0.3 is 15.4 Å². The molecular formula is C18H17Cl3N2O3. The number of benzene rings is 2. The highest BCUT2D eigenvalue weighted by atomic mass is 35.5. The predicted octanol–water partition coefficient (Wildman–Crippen LogP) is 4.48. The quantitative estimate of drug-likeness (QED) is 0.731. The minimum Gasteiger partial charge on any atom is -0.479 e. The lowest BCUT2D eigenvalue weighted by Crippen LogP contribution is -2.40. The van der Waals surface area contributed by atoms with E-state index in [1.54, 1.807) is 50.2 Å². The Bertz CT molecular complexity index is 827. The zero-order valence-corrected chi connectivity index (χ0v) is 16.4. The van der Waals surface area contributed by atoms with E-state index in [0.29, 0.717) is 21.5 Å². The summed E-state index contributed by atoms with van der Waals surface area (Å²) in [4.78, 5) is 24.1. The van der Waals surface area contributed by atoms with E-state index >= 15 is 0 Å². The SMILES string of the molecule is Cc1c(Cl)cccc1NC(=O)CNC(=O)C(C)Oc1cccc(Cl)c1Cl. The van der Waals surface area contributed by atoms with Crippen LogP contribution in [0.15, 0.2) is 36.4 Å². The third kappa shape index (κ3) is 5.27. The summed E-state index contributed by atoms with van der Waals surface area (Å²) in [5, 5.41) is 6.30. The largest absolute Gasteiger partial charge is 0.479 e. The molecule has 0 bridgehead atoms. The van der Waals surface area contributed by atoms with Crippen LogP contribution in [0.4, 0.5) is 5.69 Å². The molecule has 138 valence electrons. The second-order valence-electron chi connectivity index (χ2n) is 5.49. The maximum atomic E-state index is 12.1. The Balaban J connectivity index is 1.88. The molecule has 0 aromatic heterocycles. The molecule has 2 amide bonds. The Morgan fingerprint density at radius 1 is 1.08 bits per heavy atom. The number of rotatable bonds is 6. The first-order valence-electron chi connectivity index (χ1n) is 7.73. The second-order valence-corrected chi connectivity index (χ2v) is 6.68. The summed E-state index contributed by atoms with van der Waals surface area (Å²) in [6, 6.07) is 10.1. The van der Waals surface area contributed by atoms with Crippen LogP contribution in [-0.4, -0.2) is 24.5 Å². The van der Waals surface area contributed by atoms with E-state index in [4.69, 9.17) is 39.5 Å². The molecule has 0 aliphatic heterocycles. The number of anilines is 1. The Labute approximate surface area is 166 Å². The van der Waals surface area contributed by atoms with Crippen molar-refractivity contribution in [1.82, 2.24) is 5.32 Å². The van der Waals surface area contributed by atoms with Crippen molar-refractivity contribution in [2.45, 2.75) is 20.0 Å². The van der Waals surface area contributed by atoms with Gasteiger partial charge in [-0.1, -0.05) is 46.9 Å². The molecule has 2 aromatic carbocycles. The van der Waals surface area contributed by atoms with Crippen LogP contribution in [0.2, 0.25) is 15.1 Å². The third-order valence-corrected chi connectivity index (χ3v) is 4.77. The molecule has 2 rings (SSSR count). The molecule has 1 unspecified atom stereocenters. The fraction of sp³-hybridized carbons (Fsp3) is 0.222. The van der Waals surface area contributed by atoms with E-state index in [9.17, 15) is 9.59 Å². The molecule has 0 saturated heterocycles. The van der Waals surface area contributed by atoms with E-state index in [1.165, 1.54) is 0 Å². The summed E-state index contributed by atoms with van der Waals surface area (Å²) < 4.78 is 5.50. The smallest absolute Gasteiger partial charge is 0.261 e. The van der Waals surface area contributed by atoms with Crippen molar-refractivity contribution in [2.75, 3.05) is 11.9 Å². The maximum absolute atomic E-state index is 12.1. The number of ether oxygens (including phenoxy) is 1. The molecule has 0 saturated carbocycles. The average Bonchev–Trinajstić information content (AvgIpc) is 2.60. The number of hydrogen-bond donors (Lipinski definition) is 2. The van der Waals surface area contributed by atoms with Crippen molar-refractivity contribution < 1.29 is 14.3 Å². The Morgan fingerprint density at radius 3 is 2.46 bits per heavy atom. The predicted molar refractivity (Wildman–Crippen MR) is 104 cm³/mol. The van der Waals surface area contributed by atoms with Gasteiger partial charge in [-0.15, -0.1) is 0 Å². The Kier molecular flexibility index (Phi) is 7.14. The molecule has 0 spiro atoms. The van der Waals surface area contributed by atoms with Crippen molar-refractivity contribution in [1.29, 1.82) is 0 Å². The van der Waals surface area contributed by atoms with Gasteiger partial charge in [-0.25, -0.2) is 0 Å². The van der Waals surface area contributed by atoms with Crippen molar-refractivity contribution in [2.24, 2.45) is 0 Å². The monoisotopic (exact) mass is 414 g/mol. The molecule has 26 heavy (non-hydrogen) atoms. The number of carbonyl (C=O) groups is 2. The summed E-state index contributed by atoms with van der Waals surface area (Å²) in [5.74, 6) is -0.545. The minimum absolute atomic E-state index is 0.207. The van der Waals surface area contributed by atoms with Crippen LogP contribution in [0, 0.1) is 6.92 Å². The van der Waals surface area contributed by atoms with E-state index in [0.717, 1.165) is 5.56 Å². The van der Waals surface area contributed by atoms with Gasteiger partial charge in [0.1, 0.15) is 10.8 Å². The molecule has 0 fully saturated rings. The fourth-order valence-electron chi connectivity index (χ4n) is 2.07. The van der Waals surface area contributed by atoms with E-state index in [-0.39, 0.29) is 17.5 Å². The second kappa shape index (κ2) is 9.12. The Morgan fingerprint density at radius 2 is 1.73 bits per heavy atom. The standard InChI is InChI=1S/C18H17Cl3N2O3/c1-10-12(19)5-3-7-14(10)23-16(24)9-22-18(25)11(2)26-15-8-4-6-13(20)17(15)21/h3-8,11H,9H2,1-2H3,(H,22,25)(H,23,24). The highest BCUT2D eigenvalue weighted by molar-refractivity contribution is 6.42. The first-order valence-corrected chi connectivity index (χ1v) is 8.86. The van der Waals surface area contributed by atoms with Crippen molar-refractivity contribution in [3.05, 3.63) is 57.0 Å². The molecule has 2 aromatic rings. The van der Waals surface area contributed by atoms with Crippen LogP contribution in [0.3, 0.4) is 0 Å². The lowest BCUT2D eigenvalue weighted by Gasteiger charge is -2.16. The maximum Gasteiger partial charge on any atom is 0.261 e. The van der Waals surface area contributed by atoms with Gasteiger partial charge in [0, 0.05) is 10.7 Å². The van der Waals surface area contributed by atoms with Crippen LogP contribution in [0.25, 0.3) is 0 Å². The first-order chi connectivity index (χ1) is 12.3. The molecule has 0 aliphatic rings. The van der Waals surface area contributed by atoms with Gasteiger partial charge in [0.15, 0.2) is 6.10 Å². The van der Waals surface area contributed by atoms with Crippen LogP contribution in [-0.2, 0) is 9.59 Å². The molecule has 1 atom stereocenters. The zero-order valence-electron chi connectivity index (χ0n) is 14.1. The fourth-order valence-corrected chi connectivity index (χ4v) is 2.58. The average molecular weight is 416 g/mol. The van der Waals surface area contributed by atoms with E-state index in [2.05, 4.69) is 10.6 Å². The first kappa shape index (κ1) is 20.4. The summed E-state index contributed by atoms with van der Waals surface area (Å²) in [6.07, 6.45) is -0.855. The minimum atomic E-state index is -0.855. The highest BCUT2D eigenvalue weighted by Crippen LogP contribution is 2.32. The number of nitrogens with one attached hydrogen (secondary N) is 2. The third-order valence-electron chi connectivity index (χ3n) is 3.55. The van der Waals surface area contributed by atoms with Gasteiger partial charge in [0.05, 0.1) is 11.6 Å². The van der Waals surface area contributed by atoms with Crippen LogP contribution >= 0.6 is 34.8 Å². The van der Waals surface area contributed by atoms with Crippen molar-refractivity contribution in [3.63, 3.8) is 0 Å². The zero-order chi connectivity index (χ0) is 19.3. The number of hydrogen-bond acceptors (Lipinski definition) is 3. The van der Waals surface area contributed by atoms with Gasteiger partial charge in [0.25, 0.3) is 5.91 Å². The normalized spacial score (nSPS) is 11.6. The van der Waals surface area contributed by atoms with Gasteiger partial charge in [0.2, 0.25) is 5.91 Å². The van der Waals surface area contributed by atoms with Crippen LogP contribution in [0.5, 0.6) is 5.75 Å². The van der Waals surface area contributed by atoms with Gasteiger partial charge >= 0.3 is 0 Å². The number of halogens is 3. The van der Waals surface area contributed by atoms with Crippen LogP contribution < -0.4 is 15.4 Å². The van der Waals surface area contributed by atoms with Crippen molar-refractivity contribution in [3.8, 4) is 5.75 Å². The molecule has 0 heterocycles. The lowest BCUT2D eigenvalue weighted by molar-refractivity contribution is -0.129. The highest BCUT2D eigenvalue weighted by Gasteiger charge is 2.18. The molecule has 8 heteroatoms. The molecule has 5 nitrogen and oxygen atoms in total. The molecule has 0 radical (unpaired) electrons. The number of amides is 2. The summed E-state index contributed by atoms with van der Waals surface area (Å²) in [7, 11) is 0.